The predicted molar refractivity (Wildman–Crippen MR) is 59.0 cm³/mol. The molecule has 1 unspecified atom stereocenters. The van der Waals surface area contributed by atoms with Crippen molar-refractivity contribution in [2.45, 2.75) is 59.4 Å². The van der Waals surface area contributed by atoms with Crippen LogP contribution in [0.25, 0.3) is 0 Å². The highest BCUT2D eigenvalue weighted by Gasteiger charge is 2.34. The fraction of sp³-hybridized carbons (Fsp3) is 0.917. The van der Waals surface area contributed by atoms with E-state index in [9.17, 15) is 4.79 Å². The molecule has 0 aromatic heterocycles. The Bertz CT molecular complexity index is 225. The predicted octanol–water partition coefficient (Wildman–Crippen LogP) is 2.73. The van der Waals surface area contributed by atoms with Crippen LogP contribution in [0.4, 0.5) is 0 Å². The van der Waals surface area contributed by atoms with E-state index < -0.39 is 0 Å². The molecule has 1 atom stereocenters. The maximum Gasteiger partial charge on any atom is 0.223 e. The Morgan fingerprint density at radius 2 is 2.00 bits per heavy atom. The number of amides is 1. The van der Waals surface area contributed by atoms with Gasteiger partial charge < -0.3 is 5.32 Å². The molecule has 1 saturated heterocycles. The summed E-state index contributed by atoms with van der Waals surface area (Å²) in [5.41, 5.74) is 0.259. The quantitative estimate of drug-likeness (QED) is 0.688. The second-order valence-corrected chi connectivity index (χ2v) is 6.37. The van der Waals surface area contributed by atoms with Crippen molar-refractivity contribution in [1.29, 1.82) is 0 Å². The van der Waals surface area contributed by atoms with E-state index >= 15 is 0 Å². The molecule has 0 bridgehead atoms. The fourth-order valence-electron chi connectivity index (χ4n) is 2.10. The standard InChI is InChI=1S/C12H23NO/c1-11(2,3)8-9-6-7-12(4,5)13-10(9)14/h9H,6-8H2,1-5H3,(H,13,14). The van der Waals surface area contributed by atoms with Crippen molar-refractivity contribution in [3.63, 3.8) is 0 Å². The molecule has 0 radical (unpaired) electrons. The zero-order valence-corrected chi connectivity index (χ0v) is 10.1. The molecule has 1 N–H and O–H groups in total. The fourth-order valence-corrected chi connectivity index (χ4v) is 2.10. The monoisotopic (exact) mass is 197 g/mol. The van der Waals surface area contributed by atoms with Crippen molar-refractivity contribution >= 4 is 5.91 Å². The van der Waals surface area contributed by atoms with Crippen LogP contribution in [0.1, 0.15) is 53.9 Å². The molecule has 0 aromatic rings. The smallest absolute Gasteiger partial charge is 0.223 e. The first-order valence-electron chi connectivity index (χ1n) is 5.52. The molecule has 1 fully saturated rings. The Hall–Kier alpha value is -0.530. The molecule has 2 heteroatoms. The summed E-state index contributed by atoms with van der Waals surface area (Å²) in [6.45, 7) is 10.8. The summed E-state index contributed by atoms with van der Waals surface area (Å²) < 4.78 is 0. The Labute approximate surface area is 87.5 Å². The van der Waals surface area contributed by atoms with E-state index in [1.807, 2.05) is 0 Å². The van der Waals surface area contributed by atoms with Gasteiger partial charge in [-0.05, 0) is 38.5 Å². The van der Waals surface area contributed by atoms with Crippen molar-refractivity contribution in [3.05, 3.63) is 0 Å². The van der Waals surface area contributed by atoms with Crippen LogP contribution in [0.2, 0.25) is 0 Å². The third kappa shape index (κ3) is 3.32. The van der Waals surface area contributed by atoms with Crippen LogP contribution in [0.3, 0.4) is 0 Å². The van der Waals surface area contributed by atoms with Gasteiger partial charge in [-0.25, -0.2) is 0 Å². The number of carbonyl (C=O) groups excluding carboxylic acids is 1. The van der Waals surface area contributed by atoms with E-state index in [1.54, 1.807) is 0 Å². The van der Waals surface area contributed by atoms with Crippen LogP contribution in [0.15, 0.2) is 0 Å². The lowest BCUT2D eigenvalue weighted by Gasteiger charge is -2.37. The van der Waals surface area contributed by atoms with Crippen LogP contribution in [-0.4, -0.2) is 11.4 Å². The second kappa shape index (κ2) is 3.56. The van der Waals surface area contributed by atoms with Crippen LogP contribution in [-0.2, 0) is 4.79 Å². The first-order valence-corrected chi connectivity index (χ1v) is 5.52. The highest BCUT2D eigenvalue weighted by Crippen LogP contribution is 2.32. The SMILES string of the molecule is CC(C)(C)CC1CCC(C)(C)NC1=O. The normalized spacial score (nSPS) is 27.2. The van der Waals surface area contributed by atoms with Crippen molar-refractivity contribution < 1.29 is 4.79 Å². The summed E-state index contributed by atoms with van der Waals surface area (Å²) in [5, 5.41) is 3.09. The summed E-state index contributed by atoms with van der Waals surface area (Å²) in [6, 6.07) is 0. The largest absolute Gasteiger partial charge is 0.351 e. The number of rotatable bonds is 1. The molecule has 14 heavy (non-hydrogen) atoms. The summed E-state index contributed by atoms with van der Waals surface area (Å²) in [4.78, 5) is 11.8. The van der Waals surface area contributed by atoms with Gasteiger partial charge in [0.15, 0.2) is 0 Å². The second-order valence-electron chi connectivity index (χ2n) is 6.37. The van der Waals surface area contributed by atoms with Crippen molar-refractivity contribution in [2.24, 2.45) is 11.3 Å². The number of piperidine rings is 1. The Balaban J connectivity index is 2.55. The van der Waals surface area contributed by atoms with Gasteiger partial charge in [0.2, 0.25) is 5.91 Å². The molecule has 82 valence electrons. The van der Waals surface area contributed by atoms with E-state index in [1.165, 1.54) is 0 Å². The first-order chi connectivity index (χ1) is 6.20. The molecule has 0 saturated carbocycles. The maximum absolute atomic E-state index is 11.8. The van der Waals surface area contributed by atoms with Gasteiger partial charge in [0.05, 0.1) is 0 Å². The van der Waals surface area contributed by atoms with Gasteiger partial charge in [-0.15, -0.1) is 0 Å². The molecule has 1 amide bonds. The van der Waals surface area contributed by atoms with Gasteiger partial charge in [0, 0.05) is 11.5 Å². The van der Waals surface area contributed by atoms with Crippen molar-refractivity contribution in [1.82, 2.24) is 5.32 Å². The highest BCUT2D eigenvalue weighted by molar-refractivity contribution is 5.80. The van der Waals surface area contributed by atoms with Gasteiger partial charge in [-0.3, -0.25) is 4.79 Å². The minimum absolute atomic E-state index is 0.00542. The number of hydrogen-bond donors (Lipinski definition) is 1. The van der Waals surface area contributed by atoms with Crippen LogP contribution in [0.5, 0.6) is 0 Å². The van der Waals surface area contributed by atoms with Crippen LogP contribution < -0.4 is 5.32 Å². The third-order valence-corrected chi connectivity index (χ3v) is 2.81. The molecule has 1 aliphatic heterocycles. The molecule has 1 rings (SSSR count). The molecule has 0 aliphatic carbocycles. The summed E-state index contributed by atoms with van der Waals surface area (Å²) in [6.07, 6.45) is 3.13. The Kier molecular flexibility index (Phi) is 2.93. The number of hydrogen-bond acceptors (Lipinski definition) is 1. The molecule has 0 spiro atoms. The minimum Gasteiger partial charge on any atom is -0.351 e. The van der Waals surface area contributed by atoms with E-state index in [4.69, 9.17) is 0 Å². The van der Waals surface area contributed by atoms with Gasteiger partial charge in [-0.1, -0.05) is 20.8 Å². The molecular formula is C12H23NO. The Morgan fingerprint density at radius 1 is 1.43 bits per heavy atom. The molecular weight excluding hydrogens is 174 g/mol. The number of carbonyl (C=O) groups is 1. The average Bonchev–Trinajstić information content (AvgIpc) is 1.92. The first kappa shape index (κ1) is 11.5. The molecule has 2 nitrogen and oxygen atoms in total. The minimum atomic E-state index is 0.00542. The lowest BCUT2D eigenvalue weighted by atomic mass is 9.77. The molecule has 1 aliphatic rings. The zero-order valence-electron chi connectivity index (χ0n) is 10.1. The van der Waals surface area contributed by atoms with Crippen LogP contribution >= 0.6 is 0 Å². The Morgan fingerprint density at radius 3 is 2.43 bits per heavy atom. The summed E-state index contributed by atoms with van der Waals surface area (Å²) in [7, 11) is 0. The number of nitrogens with one attached hydrogen (secondary N) is 1. The van der Waals surface area contributed by atoms with Crippen LogP contribution in [0, 0.1) is 11.3 Å². The average molecular weight is 197 g/mol. The van der Waals surface area contributed by atoms with E-state index in [-0.39, 0.29) is 22.8 Å². The lowest BCUT2D eigenvalue weighted by molar-refractivity contribution is -0.130. The van der Waals surface area contributed by atoms with Gasteiger partial charge in [0.1, 0.15) is 0 Å². The van der Waals surface area contributed by atoms with E-state index in [0.29, 0.717) is 0 Å². The van der Waals surface area contributed by atoms with E-state index in [2.05, 4.69) is 39.9 Å². The summed E-state index contributed by atoms with van der Waals surface area (Å²) >= 11 is 0. The topological polar surface area (TPSA) is 29.1 Å². The third-order valence-electron chi connectivity index (χ3n) is 2.81. The molecule has 1 heterocycles. The van der Waals surface area contributed by atoms with Gasteiger partial charge in [-0.2, -0.15) is 0 Å². The van der Waals surface area contributed by atoms with Gasteiger partial charge >= 0.3 is 0 Å². The van der Waals surface area contributed by atoms with E-state index in [0.717, 1.165) is 19.3 Å². The summed E-state index contributed by atoms with van der Waals surface area (Å²) in [5.74, 6) is 0.471. The molecule has 0 aromatic carbocycles. The van der Waals surface area contributed by atoms with Crippen molar-refractivity contribution in [2.75, 3.05) is 0 Å². The highest BCUT2D eigenvalue weighted by atomic mass is 16.2. The zero-order chi connectivity index (χ0) is 11.0. The maximum atomic E-state index is 11.8. The van der Waals surface area contributed by atoms with Crippen molar-refractivity contribution in [3.8, 4) is 0 Å². The lowest BCUT2D eigenvalue weighted by Crippen LogP contribution is -2.51. The van der Waals surface area contributed by atoms with Gasteiger partial charge in [0.25, 0.3) is 0 Å².